The lowest BCUT2D eigenvalue weighted by atomic mass is 10.2. The minimum absolute atomic E-state index is 0.449. The maximum atomic E-state index is 11.9. The zero-order valence-electron chi connectivity index (χ0n) is 8.51. The van der Waals surface area contributed by atoms with Gasteiger partial charge in [0.05, 0.1) is 6.07 Å². The first kappa shape index (κ1) is 8.96. The van der Waals surface area contributed by atoms with E-state index in [1.807, 2.05) is 0 Å². The van der Waals surface area contributed by atoms with E-state index in [-0.39, 0.29) is 0 Å². The average molecular weight is 216 g/mol. The molecular weight excluding hydrogens is 208 g/mol. The molecule has 0 N–H and O–H groups in total. The smallest absolute Gasteiger partial charge is 0.358 e. The predicted molar refractivity (Wildman–Crippen MR) is 57.1 cm³/mol. The fraction of sp³-hybridized carbons (Fsp3) is 0.0909. The van der Waals surface area contributed by atoms with Crippen LogP contribution < -0.4 is 10.4 Å². The second-order valence-corrected chi connectivity index (χ2v) is 3.60. The van der Waals surface area contributed by atoms with Crippen molar-refractivity contribution in [3.8, 4) is 0 Å². The summed E-state index contributed by atoms with van der Waals surface area (Å²) in [4.78, 5) is 11.2. The second kappa shape index (κ2) is 2.85. The Labute approximate surface area is 89.7 Å². The molecule has 0 saturated heterocycles. The minimum atomic E-state index is -0.459. The average Bonchev–Trinajstić information content (AvgIpc) is 2.68. The Bertz CT molecular complexity index is 755. The van der Waals surface area contributed by atoms with Gasteiger partial charge in [0.25, 0.3) is 0 Å². The Kier molecular flexibility index (Phi) is 1.60. The first-order valence-electron chi connectivity index (χ1n) is 4.82. The van der Waals surface area contributed by atoms with E-state index >= 15 is 0 Å². The number of aryl methyl sites for hydroxylation is 1. The Morgan fingerprint density at radius 2 is 2.06 bits per heavy atom. The van der Waals surface area contributed by atoms with Crippen molar-refractivity contribution in [1.82, 2.24) is 4.57 Å². The van der Waals surface area contributed by atoms with Crippen molar-refractivity contribution in [2.24, 2.45) is 0 Å². The van der Waals surface area contributed by atoms with Crippen molar-refractivity contribution in [2.45, 2.75) is 6.92 Å². The van der Waals surface area contributed by atoms with E-state index in [9.17, 15) is 10.0 Å². The minimum Gasteiger partial charge on any atom is -0.618 e. The first-order valence-corrected chi connectivity index (χ1v) is 4.82. The summed E-state index contributed by atoms with van der Waals surface area (Å²) in [6, 6.07) is 8.30. The van der Waals surface area contributed by atoms with Crippen molar-refractivity contribution in [3.05, 3.63) is 51.7 Å². The van der Waals surface area contributed by atoms with E-state index in [4.69, 9.17) is 4.52 Å². The molecule has 5 nitrogen and oxygen atoms in total. The van der Waals surface area contributed by atoms with Gasteiger partial charge in [0.15, 0.2) is 11.0 Å². The van der Waals surface area contributed by atoms with Crippen LogP contribution in [-0.2, 0) is 0 Å². The van der Waals surface area contributed by atoms with Gasteiger partial charge in [0, 0.05) is 13.0 Å². The number of hydrogen-bond donors (Lipinski definition) is 0. The molecule has 0 aliphatic rings. The molecule has 0 atom stereocenters. The van der Waals surface area contributed by atoms with Gasteiger partial charge in [-0.2, -0.15) is 9.30 Å². The molecule has 0 spiro atoms. The molecule has 3 rings (SSSR count). The Balaban J connectivity index is 2.73. The van der Waals surface area contributed by atoms with Crippen LogP contribution >= 0.6 is 0 Å². The number of benzene rings is 1. The van der Waals surface area contributed by atoms with E-state index in [1.165, 1.54) is 10.6 Å². The van der Waals surface area contributed by atoms with Crippen molar-refractivity contribution in [1.29, 1.82) is 0 Å². The highest BCUT2D eigenvalue weighted by Crippen LogP contribution is 2.14. The van der Waals surface area contributed by atoms with Gasteiger partial charge < -0.3 is 9.73 Å². The van der Waals surface area contributed by atoms with Gasteiger partial charge in [-0.05, 0) is 6.07 Å². The summed E-state index contributed by atoms with van der Waals surface area (Å²) in [5.74, 6) is 0. The monoisotopic (exact) mass is 216 g/mol. The van der Waals surface area contributed by atoms with Gasteiger partial charge in [-0.25, -0.2) is 4.79 Å². The second-order valence-electron chi connectivity index (χ2n) is 3.60. The van der Waals surface area contributed by atoms with Gasteiger partial charge >= 0.3 is 5.63 Å². The highest BCUT2D eigenvalue weighted by molar-refractivity contribution is 5.74. The summed E-state index contributed by atoms with van der Waals surface area (Å²) >= 11 is 0. The van der Waals surface area contributed by atoms with Crippen LogP contribution in [0.1, 0.15) is 5.69 Å². The van der Waals surface area contributed by atoms with Crippen LogP contribution in [0, 0.1) is 12.1 Å². The van der Waals surface area contributed by atoms with Crippen molar-refractivity contribution < 1.29 is 9.25 Å². The normalized spacial score (nSPS) is 11.3. The molecule has 2 heterocycles. The molecule has 0 bridgehead atoms. The third kappa shape index (κ3) is 0.995. The molecule has 16 heavy (non-hydrogen) atoms. The maximum absolute atomic E-state index is 11.9. The molecule has 0 aliphatic carbocycles. The fourth-order valence-corrected chi connectivity index (χ4v) is 1.86. The van der Waals surface area contributed by atoms with Gasteiger partial charge in [0.1, 0.15) is 0 Å². The predicted octanol–water partition coefficient (Wildman–Crippen LogP) is 0.988. The number of nitrogens with zero attached hydrogens (tertiary/aromatic N) is 2. The van der Waals surface area contributed by atoms with Crippen LogP contribution in [0.5, 0.6) is 0 Å². The summed E-state index contributed by atoms with van der Waals surface area (Å²) in [5, 5.41) is 11.9. The molecule has 0 aliphatic heterocycles. The Morgan fingerprint density at radius 3 is 2.88 bits per heavy atom. The Morgan fingerprint density at radius 1 is 1.31 bits per heavy atom. The lowest BCUT2D eigenvalue weighted by Crippen LogP contribution is -2.32. The largest absolute Gasteiger partial charge is 0.618 e. The molecule has 80 valence electrons. The van der Waals surface area contributed by atoms with Crippen LogP contribution in [0.15, 0.2) is 39.6 Å². The van der Waals surface area contributed by atoms with Crippen LogP contribution in [0.2, 0.25) is 0 Å². The van der Waals surface area contributed by atoms with E-state index < -0.39 is 5.63 Å². The zero-order valence-corrected chi connectivity index (χ0v) is 8.51. The van der Waals surface area contributed by atoms with Gasteiger partial charge in [-0.15, -0.1) is 0 Å². The van der Waals surface area contributed by atoms with Crippen LogP contribution in [0.25, 0.3) is 16.6 Å². The molecular formula is C11H8N2O3. The summed E-state index contributed by atoms with van der Waals surface area (Å²) < 4.78 is 7.22. The summed E-state index contributed by atoms with van der Waals surface area (Å²) in [6.45, 7) is 1.66. The SMILES string of the molecule is Cc1c2cc(=O)on2c2ccccc2[n+]1[O-]. The number of fused-ring (bicyclic) bond motifs is 3. The standard InChI is InChI=1S/C11H8N2O3/c1-7-10-6-11(14)16-13(10)9-5-3-2-4-8(9)12(7)15/h2-6H,1H3. The van der Waals surface area contributed by atoms with E-state index in [1.54, 1.807) is 31.2 Å². The van der Waals surface area contributed by atoms with Crippen molar-refractivity contribution >= 4 is 16.6 Å². The molecule has 1 aromatic carbocycles. The topological polar surface area (TPSA) is 61.6 Å². The van der Waals surface area contributed by atoms with Gasteiger partial charge in [0.2, 0.25) is 11.2 Å². The third-order valence-corrected chi connectivity index (χ3v) is 2.65. The van der Waals surface area contributed by atoms with Crippen molar-refractivity contribution in [3.63, 3.8) is 0 Å². The van der Waals surface area contributed by atoms with Crippen LogP contribution in [0.3, 0.4) is 0 Å². The third-order valence-electron chi connectivity index (χ3n) is 2.65. The highest BCUT2D eigenvalue weighted by Gasteiger charge is 2.16. The number of hydrogen-bond acceptors (Lipinski definition) is 3. The molecule has 0 amide bonds. The van der Waals surface area contributed by atoms with Gasteiger partial charge in [-0.1, -0.05) is 12.1 Å². The lowest BCUT2D eigenvalue weighted by Gasteiger charge is -2.06. The molecule has 3 aromatic rings. The first-order chi connectivity index (χ1) is 7.68. The number of para-hydroxylation sites is 2. The number of rotatable bonds is 0. The lowest BCUT2D eigenvalue weighted by molar-refractivity contribution is -0.583. The highest BCUT2D eigenvalue weighted by atomic mass is 16.5. The van der Waals surface area contributed by atoms with Crippen LogP contribution in [-0.4, -0.2) is 4.57 Å². The molecule has 0 radical (unpaired) electrons. The molecule has 0 saturated carbocycles. The molecule has 0 unspecified atom stereocenters. The van der Waals surface area contributed by atoms with Gasteiger partial charge in [-0.3, -0.25) is 0 Å². The maximum Gasteiger partial charge on any atom is 0.358 e. The molecule has 2 aromatic heterocycles. The van der Waals surface area contributed by atoms with E-state index in [0.717, 1.165) is 4.73 Å². The summed E-state index contributed by atoms with van der Waals surface area (Å²) in [6.07, 6.45) is 0. The molecule has 5 heteroatoms. The molecule has 0 fully saturated rings. The van der Waals surface area contributed by atoms with Crippen LogP contribution in [0.4, 0.5) is 0 Å². The summed E-state index contributed by atoms with van der Waals surface area (Å²) in [5.41, 5.74) is 1.55. The van der Waals surface area contributed by atoms with E-state index in [2.05, 4.69) is 0 Å². The van der Waals surface area contributed by atoms with E-state index in [0.29, 0.717) is 22.2 Å². The zero-order chi connectivity index (χ0) is 11.3. The Hall–Kier alpha value is -2.30. The number of aromatic nitrogens is 2. The fourth-order valence-electron chi connectivity index (χ4n) is 1.86. The quantitative estimate of drug-likeness (QED) is 0.416. The summed E-state index contributed by atoms with van der Waals surface area (Å²) in [7, 11) is 0. The van der Waals surface area contributed by atoms with Crippen molar-refractivity contribution in [2.75, 3.05) is 0 Å².